The molecule has 0 radical (unpaired) electrons. The minimum atomic E-state index is -3.61. The van der Waals surface area contributed by atoms with Crippen molar-refractivity contribution < 1.29 is 22.3 Å². The molecule has 0 atom stereocenters. The van der Waals surface area contributed by atoms with E-state index in [2.05, 4.69) is 9.97 Å². The molecular weight excluding hydrogens is 504 g/mol. The molecule has 4 rings (SSSR count). The quantitative estimate of drug-likeness (QED) is 0.332. The van der Waals surface area contributed by atoms with E-state index in [1.807, 2.05) is 0 Å². The lowest BCUT2D eigenvalue weighted by Gasteiger charge is -2.18. The van der Waals surface area contributed by atoms with Crippen LogP contribution in [0.2, 0.25) is 0 Å². The molecule has 0 saturated heterocycles. The molecule has 0 amide bonds. The smallest absolute Gasteiger partial charge is 0.297 e. The number of hydrogen-bond acceptors (Lipinski definition) is 5. The lowest BCUT2D eigenvalue weighted by atomic mass is 10.0. The van der Waals surface area contributed by atoms with E-state index in [0.29, 0.717) is 30.2 Å². The van der Waals surface area contributed by atoms with Gasteiger partial charge in [0.1, 0.15) is 11.9 Å². The fourth-order valence-electron chi connectivity index (χ4n) is 3.87. The van der Waals surface area contributed by atoms with Crippen LogP contribution < -0.4 is 15.9 Å². The first-order valence-corrected chi connectivity index (χ1v) is 11.4. The Bertz CT molecular complexity index is 1670. The van der Waals surface area contributed by atoms with Crippen molar-refractivity contribution in [2.45, 2.75) is 32.7 Å². The number of aryl methyl sites for hydroxylation is 1. The molecule has 0 fully saturated rings. The third kappa shape index (κ3) is 5.20. The molecule has 0 aliphatic carbocycles. The van der Waals surface area contributed by atoms with E-state index in [1.54, 1.807) is 13.0 Å². The Morgan fingerprint density at radius 1 is 1.13 bits per heavy atom. The molecule has 2 heterocycles. The lowest BCUT2D eigenvalue weighted by molar-refractivity contribution is 0.0100. The van der Waals surface area contributed by atoms with Gasteiger partial charge in [-0.25, -0.2) is 13.8 Å². The predicted octanol–water partition coefficient (Wildman–Crippen LogP) is 5.26. The van der Waals surface area contributed by atoms with Gasteiger partial charge < -0.3 is 9.72 Å². The van der Waals surface area contributed by atoms with E-state index in [-0.39, 0.29) is 12.1 Å². The van der Waals surface area contributed by atoms with Gasteiger partial charge in [0.25, 0.3) is 17.0 Å². The Morgan fingerprint density at radius 2 is 1.84 bits per heavy atom. The van der Waals surface area contributed by atoms with Crippen LogP contribution >= 0.6 is 0 Å². The Labute approximate surface area is 213 Å². The van der Waals surface area contributed by atoms with Crippen LogP contribution in [0.15, 0.2) is 64.4 Å². The summed E-state index contributed by atoms with van der Waals surface area (Å²) in [6.45, 7) is 2.08. The molecule has 2 aromatic heterocycles. The number of hydrogen-bond donors (Lipinski definition) is 1. The molecule has 0 spiro atoms. The Morgan fingerprint density at radius 3 is 2.47 bits per heavy atom. The first-order valence-electron chi connectivity index (χ1n) is 11.4. The van der Waals surface area contributed by atoms with Crippen LogP contribution in [0.5, 0.6) is 11.5 Å². The number of nitriles is 1. The summed E-state index contributed by atoms with van der Waals surface area (Å²) in [5.74, 6) is -6.71. The maximum atomic E-state index is 14.6. The summed E-state index contributed by atoms with van der Waals surface area (Å²) in [6.07, 6.45) is 1.28. The maximum absolute atomic E-state index is 14.6. The average Bonchev–Trinajstić information content (AvgIpc) is 2.88. The summed E-state index contributed by atoms with van der Waals surface area (Å²) in [6, 6.07) is 11.9. The predicted molar refractivity (Wildman–Crippen MR) is 130 cm³/mol. The second-order valence-electron chi connectivity index (χ2n) is 8.45. The molecule has 2 aromatic carbocycles. The van der Waals surface area contributed by atoms with Crippen molar-refractivity contribution in [2.75, 3.05) is 0 Å². The fraction of sp³-hybridized carbons (Fsp3) is 0.185. The highest BCUT2D eigenvalue weighted by molar-refractivity contribution is 5.63. The van der Waals surface area contributed by atoms with Crippen molar-refractivity contribution in [1.29, 1.82) is 5.26 Å². The number of nitrogens with zero attached hydrogens (tertiary/aromatic N) is 3. The van der Waals surface area contributed by atoms with E-state index >= 15 is 0 Å². The van der Waals surface area contributed by atoms with Gasteiger partial charge in [0.05, 0.1) is 18.4 Å². The van der Waals surface area contributed by atoms with Gasteiger partial charge in [-0.05, 0) is 47.9 Å². The molecule has 0 saturated carbocycles. The normalized spacial score (nSPS) is 11.3. The zero-order valence-corrected chi connectivity index (χ0v) is 20.2. The van der Waals surface area contributed by atoms with E-state index in [4.69, 9.17) is 10.00 Å². The van der Waals surface area contributed by atoms with Crippen molar-refractivity contribution >= 4 is 0 Å². The molecular formula is C27H20F4N4O3. The highest BCUT2D eigenvalue weighted by atomic mass is 19.3. The van der Waals surface area contributed by atoms with Gasteiger partial charge in [-0.2, -0.15) is 14.0 Å². The number of halogens is 4. The molecule has 0 bridgehead atoms. The maximum Gasteiger partial charge on any atom is 0.297 e. The van der Waals surface area contributed by atoms with Crippen LogP contribution in [0, 0.1) is 23.0 Å². The number of pyridine rings is 1. The van der Waals surface area contributed by atoms with Crippen LogP contribution in [-0.4, -0.2) is 14.5 Å². The van der Waals surface area contributed by atoms with Crippen LogP contribution in [0.1, 0.15) is 36.4 Å². The molecule has 7 nitrogen and oxygen atoms in total. The van der Waals surface area contributed by atoms with Crippen LogP contribution in [0.25, 0.3) is 11.1 Å². The van der Waals surface area contributed by atoms with E-state index in [1.165, 1.54) is 42.5 Å². The Hall–Kier alpha value is -4.72. The summed E-state index contributed by atoms with van der Waals surface area (Å²) < 4.78 is 62.9. The van der Waals surface area contributed by atoms with Gasteiger partial charge in [0.15, 0.2) is 17.3 Å². The van der Waals surface area contributed by atoms with Gasteiger partial charge in [-0.3, -0.25) is 14.2 Å². The minimum Gasteiger partial charge on any atom is -0.446 e. The average molecular weight is 524 g/mol. The van der Waals surface area contributed by atoms with Crippen LogP contribution in [0.4, 0.5) is 17.6 Å². The molecule has 194 valence electrons. The largest absolute Gasteiger partial charge is 0.446 e. The van der Waals surface area contributed by atoms with Gasteiger partial charge in [0, 0.05) is 18.2 Å². The molecule has 4 aromatic rings. The summed E-state index contributed by atoms with van der Waals surface area (Å²) in [5, 5.41) is 9.06. The zero-order chi connectivity index (χ0) is 27.6. The Balaban J connectivity index is 1.83. The number of ether oxygens (including phenoxy) is 1. The van der Waals surface area contributed by atoms with Gasteiger partial charge in [0.2, 0.25) is 5.75 Å². The van der Waals surface area contributed by atoms with Crippen molar-refractivity contribution in [3.05, 3.63) is 110 Å². The summed E-state index contributed by atoms with van der Waals surface area (Å²) in [5.41, 5.74) is -1.28. The first kappa shape index (κ1) is 26.3. The van der Waals surface area contributed by atoms with E-state index in [0.717, 1.165) is 17.0 Å². The van der Waals surface area contributed by atoms with E-state index in [9.17, 15) is 27.2 Å². The lowest BCUT2D eigenvalue weighted by Crippen LogP contribution is -2.28. The van der Waals surface area contributed by atoms with E-state index < -0.39 is 51.4 Å². The third-order valence-electron chi connectivity index (χ3n) is 5.77. The fourth-order valence-corrected chi connectivity index (χ4v) is 3.87. The van der Waals surface area contributed by atoms with Crippen molar-refractivity contribution in [2.24, 2.45) is 0 Å². The third-order valence-corrected chi connectivity index (χ3v) is 5.77. The summed E-state index contributed by atoms with van der Waals surface area (Å²) in [7, 11) is 0. The summed E-state index contributed by atoms with van der Waals surface area (Å²) >= 11 is 0. The SMILES string of the molecule is CCc1[nH]c(=O)c(-c2ccc(F)cc2)cc1Cn1cnc(C(C)(F)F)c(Oc2cccc(C#N)c2F)c1=O. The number of aromatic nitrogens is 3. The second-order valence-corrected chi connectivity index (χ2v) is 8.45. The number of alkyl halides is 2. The zero-order valence-electron chi connectivity index (χ0n) is 20.2. The van der Waals surface area contributed by atoms with Gasteiger partial charge in [-0.1, -0.05) is 25.1 Å². The van der Waals surface area contributed by atoms with Crippen LogP contribution in [0.3, 0.4) is 0 Å². The topological polar surface area (TPSA) is 101 Å². The molecule has 1 N–H and O–H groups in total. The number of benzene rings is 2. The van der Waals surface area contributed by atoms with Crippen molar-refractivity contribution in [3.63, 3.8) is 0 Å². The molecule has 0 aliphatic heterocycles. The monoisotopic (exact) mass is 524 g/mol. The van der Waals surface area contributed by atoms with Crippen LogP contribution in [-0.2, 0) is 18.9 Å². The highest BCUT2D eigenvalue weighted by Crippen LogP contribution is 2.34. The van der Waals surface area contributed by atoms with Crippen molar-refractivity contribution in [3.8, 4) is 28.7 Å². The second kappa shape index (κ2) is 10.3. The Kier molecular flexibility index (Phi) is 7.17. The molecule has 11 heteroatoms. The molecule has 38 heavy (non-hydrogen) atoms. The number of rotatable bonds is 7. The first-order chi connectivity index (χ1) is 18.0. The molecule has 0 unspecified atom stereocenters. The number of nitrogens with one attached hydrogen (secondary N) is 1. The van der Waals surface area contributed by atoms with Crippen molar-refractivity contribution in [1.82, 2.24) is 14.5 Å². The van der Waals surface area contributed by atoms with Gasteiger partial charge in [-0.15, -0.1) is 0 Å². The minimum absolute atomic E-state index is 0.202. The summed E-state index contributed by atoms with van der Waals surface area (Å²) in [4.78, 5) is 32.5. The highest BCUT2D eigenvalue weighted by Gasteiger charge is 2.34. The molecule has 0 aliphatic rings. The van der Waals surface area contributed by atoms with Gasteiger partial charge >= 0.3 is 0 Å². The standard InChI is InChI=1S/C27H20F4N4O3/c1-3-20-17(11-19(25(36)34-20)15-7-9-18(28)10-8-15)13-35-14-33-24(27(2,30)31)23(26(35)37)38-21-6-4-5-16(12-32)22(21)29/h4-11,14H,3,13H2,1-2H3,(H,34,36). The number of H-pyrrole nitrogens is 1. The number of aromatic amines is 1.